The van der Waals surface area contributed by atoms with Crippen molar-refractivity contribution in [1.82, 2.24) is 14.5 Å². The summed E-state index contributed by atoms with van der Waals surface area (Å²) < 4.78 is 2.37. The lowest BCUT2D eigenvalue weighted by Gasteiger charge is -2.16. The van der Waals surface area contributed by atoms with Crippen molar-refractivity contribution in [3.05, 3.63) is 237 Å². The van der Waals surface area contributed by atoms with Crippen molar-refractivity contribution in [2.24, 2.45) is 0 Å². The van der Waals surface area contributed by atoms with Gasteiger partial charge in [0.2, 0.25) is 0 Å². The molecule has 294 valence electrons. The molecule has 0 unspecified atom stereocenters. The molecule has 3 heterocycles. The molecule has 0 aliphatic rings. The predicted octanol–water partition coefficient (Wildman–Crippen LogP) is 15.9. The molecule has 0 aliphatic heterocycles. The van der Waals surface area contributed by atoms with E-state index in [-0.39, 0.29) is 0 Å². The molecule has 0 aliphatic carbocycles. The molecule has 3 nitrogen and oxygen atoms in total. The van der Waals surface area contributed by atoms with E-state index in [1.54, 1.807) is 0 Å². The predicted molar refractivity (Wildman–Crippen MR) is 264 cm³/mol. The minimum Gasteiger partial charge on any atom is -0.309 e. The Hall–Kier alpha value is -8.40. The lowest BCUT2D eigenvalue weighted by atomic mass is 9.90. The maximum atomic E-state index is 5.35. The number of hydrogen-bond donors (Lipinski definition) is 0. The Balaban J connectivity index is 0.990. The largest absolute Gasteiger partial charge is 0.309 e. The van der Waals surface area contributed by atoms with Crippen LogP contribution in [0, 0.1) is 0 Å². The normalized spacial score (nSPS) is 11.5. The van der Waals surface area contributed by atoms with E-state index in [1.165, 1.54) is 43.7 Å². The Morgan fingerprint density at radius 2 is 0.746 bits per heavy atom. The molecule has 0 saturated carbocycles. The Morgan fingerprint density at radius 3 is 1.38 bits per heavy atom. The number of nitrogens with zero attached hydrogens (tertiary/aromatic N) is 3. The van der Waals surface area contributed by atoms with Gasteiger partial charge in [-0.25, -0.2) is 9.97 Å². The van der Waals surface area contributed by atoms with Gasteiger partial charge in [0, 0.05) is 38.5 Å². The van der Waals surface area contributed by atoms with E-state index in [9.17, 15) is 0 Å². The van der Waals surface area contributed by atoms with Crippen molar-refractivity contribution in [1.29, 1.82) is 0 Å². The summed E-state index contributed by atoms with van der Waals surface area (Å²) in [4.78, 5) is 10.7. The highest BCUT2D eigenvalue weighted by atomic mass is 15.0. The smallest absolute Gasteiger partial charge is 0.0728 e. The lowest BCUT2D eigenvalue weighted by Crippen LogP contribution is -1.96. The summed E-state index contributed by atoms with van der Waals surface area (Å²) in [6.45, 7) is 0. The molecule has 0 radical (unpaired) electrons. The molecule has 12 rings (SSSR count). The van der Waals surface area contributed by atoms with Gasteiger partial charge in [-0.05, 0) is 92.7 Å². The zero-order valence-corrected chi connectivity index (χ0v) is 34.4. The van der Waals surface area contributed by atoms with Crippen LogP contribution in [0.25, 0.3) is 116 Å². The van der Waals surface area contributed by atoms with Gasteiger partial charge in [-0.3, -0.25) is 0 Å². The number of benzene rings is 9. The Bertz CT molecular complexity index is 3590. The van der Waals surface area contributed by atoms with E-state index in [0.29, 0.717) is 0 Å². The molecule has 0 bridgehead atoms. The van der Waals surface area contributed by atoms with E-state index >= 15 is 0 Å². The maximum absolute atomic E-state index is 5.35. The molecular weight excluding hydrogens is 763 g/mol. The molecule has 0 saturated heterocycles. The Labute approximate surface area is 365 Å². The SMILES string of the molecule is c1ccc(-c2cc(-c3ccc(-c4cc5nc(-c6ccccc6)cc(-c6ccccc6)c5c5ccccc45)cc3)cc(-c3cccc(-n4c5ccccc5c5ccccc54)c3)n2)cc1. The first-order chi connectivity index (χ1) is 31.2. The average molecular weight is 802 g/mol. The van der Waals surface area contributed by atoms with Crippen LogP contribution in [0.15, 0.2) is 237 Å². The van der Waals surface area contributed by atoms with Crippen LogP contribution >= 0.6 is 0 Å². The number of aromatic nitrogens is 3. The van der Waals surface area contributed by atoms with E-state index in [4.69, 9.17) is 9.97 Å². The van der Waals surface area contributed by atoms with Gasteiger partial charge in [-0.1, -0.05) is 188 Å². The third-order valence-corrected chi connectivity index (χ3v) is 12.4. The van der Waals surface area contributed by atoms with Crippen LogP contribution < -0.4 is 0 Å². The van der Waals surface area contributed by atoms with E-state index in [0.717, 1.165) is 72.6 Å². The van der Waals surface area contributed by atoms with Gasteiger partial charge in [0.15, 0.2) is 0 Å². The van der Waals surface area contributed by atoms with Gasteiger partial charge in [0.1, 0.15) is 0 Å². The zero-order valence-electron chi connectivity index (χ0n) is 34.4. The van der Waals surface area contributed by atoms with E-state index in [2.05, 4.69) is 241 Å². The summed E-state index contributed by atoms with van der Waals surface area (Å²) in [6, 6.07) is 84.5. The van der Waals surface area contributed by atoms with Crippen LogP contribution in [0.4, 0.5) is 0 Å². The average Bonchev–Trinajstić information content (AvgIpc) is 3.71. The summed E-state index contributed by atoms with van der Waals surface area (Å²) in [7, 11) is 0. The second-order valence-electron chi connectivity index (χ2n) is 16.1. The highest BCUT2D eigenvalue weighted by Crippen LogP contribution is 2.42. The number of para-hydroxylation sites is 2. The van der Waals surface area contributed by atoms with Gasteiger partial charge < -0.3 is 4.57 Å². The number of rotatable bonds is 7. The third-order valence-electron chi connectivity index (χ3n) is 12.4. The number of fused-ring (bicyclic) bond motifs is 6. The van der Waals surface area contributed by atoms with Gasteiger partial charge in [0.25, 0.3) is 0 Å². The van der Waals surface area contributed by atoms with Crippen molar-refractivity contribution in [2.75, 3.05) is 0 Å². The monoisotopic (exact) mass is 801 g/mol. The summed E-state index contributed by atoms with van der Waals surface area (Å²) in [5, 5.41) is 6.04. The minimum atomic E-state index is 0.924. The minimum absolute atomic E-state index is 0.924. The van der Waals surface area contributed by atoms with Crippen LogP contribution in [-0.2, 0) is 0 Å². The molecule has 0 atom stereocenters. The fourth-order valence-corrected chi connectivity index (χ4v) is 9.39. The van der Waals surface area contributed by atoms with Crippen LogP contribution in [0.5, 0.6) is 0 Å². The summed E-state index contributed by atoms with van der Waals surface area (Å²) in [5.41, 5.74) is 17.4. The maximum Gasteiger partial charge on any atom is 0.0728 e. The van der Waals surface area contributed by atoms with Gasteiger partial charge >= 0.3 is 0 Å². The van der Waals surface area contributed by atoms with E-state index in [1.807, 2.05) is 0 Å². The number of hydrogen-bond acceptors (Lipinski definition) is 2. The van der Waals surface area contributed by atoms with Gasteiger partial charge in [0.05, 0.1) is 33.6 Å². The standard InChI is InChI=1S/C60H39N3/c1-4-17-41(18-5-1)53-39-56(44-21-8-3-9-22-44)62-57-38-52(48-25-10-11-28-51(48)60(53)57)42-33-31-40(32-34-42)46-36-54(43-19-6-2-7-20-43)61-55(37-46)45-23-16-24-47(35-45)63-58-29-14-12-26-49(58)50-27-13-15-30-59(50)63/h1-39H. The van der Waals surface area contributed by atoms with Gasteiger partial charge in [-0.15, -0.1) is 0 Å². The Kier molecular flexibility index (Phi) is 8.83. The second kappa shape index (κ2) is 15.3. The summed E-state index contributed by atoms with van der Waals surface area (Å²) in [5.74, 6) is 0. The second-order valence-corrected chi connectivity index (χ2v) is 16.1. The van der Waals surface area contributed by atoms with Gasteiger partial charge in [-0.2, -0.15) is 0 Å². The molecule has 12 aromatic rings. The Morgan fingerprint density at radius 1 is 0.270 bits per heavy atom. The van der Waals surface area contributed by atoms with E-state index < -0.39 is 0 Å². The molecule has 9 aromatic carbocycles. The topological polar surface area (TPSA) is 30.7 Å². The third kappa shape index (κ3) is 6.46. The van der Waals surface area contributed by atoms with Crippen LogP contribution in [0.2, 0.25) is 0 Å². The fraction of sp³-hybridized carbons (Fsp3) is 0. The molecule has 0 fully saturated rings. The molecule has 0 N–H and O–H groups in total. The first kappa shape index (κ1) is 36.5. The highest BCUT2D eigenvalue weighted by Gasteiger charge is 2.18. The van der Waals surface area contributed by atoms with Crippen molar-refractivity contribution >= 4 is 43.5 Å². The lowest BCUT2D eigenvalue weighted by molar-refractivity contribution is 1.18. The quantitative estimate of drug-likeness (QED) is 0.150. The first-order valence-corrected chi connectivity index (χ1v) is 21.5. The fourth-order valence-electron chi connectivity index (χ4n) is 9.39. The van der Waals surface area contributed by atoms with Crippen molar-refractivity contribution in [2.45, 2.75) is 0 Å². The summed E-state index contributed by atoms with van der Waals surface area (Å²) >= 11 is 0. The van der Waals surface area contributed by atoms with Crippen molar-refractivity contribution < 1.29 is 0 Å². The van der Waals surface area contributed by atoms with Crippen molar-refractivity contribution in [3.63, 3.8) is 0 Å². The summed E-state index contributed by atoms with van der Waals surface area (Å²) in [6.07, 6.45) is 0. The van der Waals surface area contributed by atoms with Crippen LogP contribution in [0.3, 0.4) is 0 Å². The zero-order chi connectivity index (χ0) is 41.7. The number of pyridine rings is 2. The first-order valence-electron chi connectivity index (χ1n) is 21.5. The molecular formula is C60H39N3. The highest BCUT2D eigenvalue weighted by molar-refractivity contribution is 6.18. The van der Waals surface area contributed by atoms with Crippen LogP contribution in [0.1, 0.15) is 0 Å². The van der Waals surface area contributed by atoms with Crippen molar-refractivity contribution in [3.8, 4) is 72.8 Å². The molecule has 63 heavy (non-hydrogen) atoms. The molecule has 3 aromatic heterocycles. The van der Waals surface area contributed by atoms with Crippen LogP contribution in [-0.4, -0.2) is 14.5 Å². The molecule has 0 amide bonds. The molecule has 0 spiro atoms. The molecule has 3 heteroatoms.